The predicted octanol–water partition coefficient (Wildman–Crippen LogP) is 2.90. The number of rotatable bonds is 9. The summed E-state index contributed by atoms with van der Waals surface area (Å²) < 4.78 is 5.91. The minimum absolute atomic E-state index is 0.0335. The second kappa shape index (κ2) is 13.1. The maximum atomic E-state index is 13.9. The Morgan fingerprint density at radius 3 is 2.36 bits per heavy atom. The maximum Gasteiger partial charge on any atom is 0.334 e. The molecule has 220 valence electrons. The van der Waals surface area contributed by atoms with Gasteiger partial charge in [0.15, 0.2) is 0 Å². The number of hydrazine groups is 1. The van der Waals surface area contributed by atoms with Gasteiger partial charge in [-0.3, -0.25) is 9.59 Å². The molecule has 2 N–H and O–H groups in total. The third kappa shape index (κ3) is 6.72. The lowest BCUT2D eigenvalue weighted by atomic mass is 9.98. The number of hydrogen-bond donors (Lipinski definition) is 2. The van der Waals surface area contributed by atoms with Crippen molar-refractivity contribution >= 4 is 17.8 Å². The zero-order valence-electron chi connectivity index (χ0n) is 24.0. The van der Waals surface area contributed by atoms with Crippen molar-refractivity contribution in [1.82, 2.24) is 25.1 Å². The first-order chi connectivity index (χ1) is 20.3. The average Bonchev–Trinajstić information content (AvgIpc) is 2.98. The van der Waals surface area contributed by atoms with Crippen LogP contribution in [0.2, 0.25) is 0 Å². The predicted molar refractivity (Wildman–Crippen MR) is 157 cm³/mol. The largest absolute Gasteiger partial charge is 0.508 e. The van der Waals surface area contributed by atoms with E-state index in [0.29, 0.717) is 26.3 Å². The van der Waals surface area contributed by atoms with Crippen LogP contribution in [0.15, 0.2) is 78.9 Å². The van der Waals surface area contributed by atoms with Crippen LogP contribution < -0.4 is 5.32 Å². The van der Waals surface area contributed by atoms with Crippen LogP contribution >= 0.6 is 0 Å². The standard InChI is InChI=1S/C32H37N5O5/c1-23-8-10-26(11-9-23)22-42-17-16-35-20-29-36(28(31(35)40)18-24-12-14-27(38)15-13-24)30(39)21-34(2)37(29)32(41)33-19-25-6-4-3-5-7-25/h3-15,28-29,38H,16-22H2,1-2H3,(H,33,41)/t28-,29-/m0/s1. The van der Waals surface area contributed by atoms with E-state index in [1.54, 1.807) is 51.1 Å². The molecule has 2 fully saturated rings. The van der Waals surface area contributed by atoms with Crippen molar-refractivity contribution in [2.75, 3.05) is 33.3 Å². The Morgan fingerprint density at radius 2 is 1.64 bits per heavy atom. The van der Waals surface area contributed by atoms with Gasteiger partial charge in [0.1, 0.15) is 18.0 Å². The number of amides is 4. The number of phenols is 1. The fourth-order valence-corrected chi connectivity index (χ4v) is 5.47. The monoisotopic (exact) mass is 571 g/mol. The van der Waals surface area contributed by atoms with Crippen LogP contribution in [0.3, 0.4) is 0 Å². The summed E-state index contributed by atoms with van der Waals surface area (Å²) in [5, 5.41) is 15.9. The molecule has 2 atom stereocenters. The highest BCUT2D eigenvalue weighted by Crippen LogP contribution is 2.28. The first-order valence-corrected chi connectivity index (χ1v) is 14.1. The molecule has 42 heavy (non-hydrogen) atoms. The van der Waals surface area contributed by atoms with Gasteiger partial charge in [-0.2, -0.15) is 0 Å². The number of fused-ring (bicyclic) bond motifs is 1. The second-order valence-electron chi connectivity index (χ2n) is 10.8. The molecule has 0 saturated carbocycles. The van der Waals surface area contributed by atoms with E-state index in [9.17, 15) is 19.5 Å². The Labute approximate surface area is 246 Å². The summed E-state index contributed by atoms with van der Waals surface area (Å²) in [5.41, 5.74) is 3.97. The third-order valence-corrected chi connectivity index (χ3v) is 7.69. The van der Waals surface area contributed by atoms with Crippen LogP contribution in [-0.2, 0) is 33.9 Å². The molecule has 4 amide bonds. The molecule has 10 nitrogen and oxygen atoms in total. The number of nitrogens with one attached hydrogen (secondary N) is 1. The molecule has 0 aromatic heterocycles. The number of benzene rings is 3. The number of ether oxygens (including phenoxy) is 1. The van der Waals surface area contributed by atoms with Crippen LogP contribution in [0, 0.1) is 6.92 Å². The van der Waals surface area contributed by atoms with Crippen molar-refractivity contribution in [3.05, 3.63) is 101 Å². The number of hydrogen-bond acceptors (Lipinski definition) is 6. The van der Waals surface area contributed by atoms with Crippen molar-refractivity contribution in [3.8, 4) is 5.75 Å². The quantitative estimate of drug-likeness (QED) is 0.383. The maximum absolute atomic E-state index is 13.9. The fourth-order valence-electron chi connectivity index (χ4n) is 5.47. The highest BCUT2D eigenvalue weighted by molar-refractivity contribution is 5.91. The number of aromatic hydroxyl groups is 1. The van der Waals surface area contributed by atoms with E-state index >= 15 is 0 Å². The Bertz CT molecular complexity index is 1380. The van der Waals surface area contributed by atoms with Crippen molar-refractivity contribution in [2.45, 2.75) is 38.7 Å². The van der Waals surface area contributed by atoms with Gasteiger partial charge in [0, 0.05) is 26.6 Å². The fraction of sp³-hybridized carbons (Fsp3) is 0.344. The van der Waals surface area contributed by atoms with Gasteiger partial charge < -0.3 is 25.0 Å². The Hall–Kier alpha value is -4.41. The summed E-state index contributed by atoms with van der Waals surface area (Å²) in [6, 6.07) is 23.1. The molecule has 3 aromatic carbocycles. The molecule has 2 aliphatic heterocycles. The Kier molecular flexibility index (Phi) is 9.04. The second-order valence-corrected chi connectivity index (χ2v) is 10.8. The highest BCUT2D eigenvalue weighted by atomic mass is 16.5. The third-order valence-electron chi connectivity index (χ3n) is 7.69. The molecule has 0 spiro atoms. The number of urea groups is 1. The minimum atomic E-state index is -0.809. The summed E-state index contributed by atoms with van der Waals surface area (Å²) in [5.74, 6) is -0.293. The summed E-state index contributed by atoms with van der Waals surface area (Å²) in [7, 11) is 1.71. The number of carbonyl (C=O) groups is 3. The van der Waals surface area contributed by atoms with Gasteiger partial charge >= 0.3 is 6.03 Å². The van der Waals surface area contributed by atoms with Gasteiger partial charge in [0.05, 0.1) is 26.3 Å². The van der Waals surface area contributed by atoms with Crippen molar-refractivity contribution in [2.24, 2.45) is 0 Å². The number of phenolic OH excluding ortho intramolecular Hbond substituents is 1. The van der Waals surface area contributed by atoms with Gasteiger partial charge in [-0.15, -0.1) is 0 Å². The van der Waals surface area contributed by atoms with E-state index in [1.165, 1.54) is 5.56 Å². The first-order valence-electron chi connectivity index (χ1n) is 14.1. The molecule has 0 unspecified atom stereocenters. The molecule has 3 aromatic rings. The highest BCUT2D eigenvalue weighted by Gasteiger charge is 2.50. The minimum Gasteiger partial charge on any atom is -0.508 e. The number of likely N-dealkylation sites (N-methyl/N-ethyl adjacent to an activating group) is 1. The molecule has 0 aliphatic carbocycles. The lowest BCUT2D eigenvalue weighted by molar-refractivity contribution is -0.187. The van der Waals surface area contributed by atoms with Crippen LogP contribution in [0.5, 0.6) is 5.75 Å². The van der Waals surface area contributed by atoms with E-state index in [1.807, 2.05) is 61.5 Å². The number of piperazine rings is 1. The van der Waals surface area contributed by atoms with Gasteiger partial charge in [-0.25, -0.2) is 14.8 Å². The zero-order chi connectivity index (χ0) is 29.6. The van der Waals surface area contributed by atoms with E-state index in [-0.39, 0.29) is 43.1 Å². The van der Waals surface area contributed by atoms with Crippen molar-refractivity contribution < 1.29 is 24.2 Å². The molecule has 0 radical (unpaired) electrons. The average molecular weight is 572 g/mol. The lowest BCUT2D eigenvalue weighted by Crippen LogP contribution is -2.76. The molecule has 2 aliphatic rings. The number of aryl methyl sites for hydroxylation is 1. The Morgan fingerprint density at radius 1 is 0.952 bits per heavy atom. The molecular formula is C32H37N5O5. The lowest BCUT2D eigenvalue weighted by Gasteiger charge is -2.54. The van der Waals surface area contributed by atoms with Gasteiger partial charge in [0.2, 0.25) is 11.8 Å². The van der Waals surface area contributed by atoms with E-state index in [2.05, 4.69) is 5.32 Å². The van der Waals surface area contributed by atoms with E-state index in [0.717, 1.165) is 16.7 Å². The van der Waals surface area contributed by atoms with Crippen molar-refractivity contribution in [1.29, 1.82) is 0 Å². The normalized spacial score (nSPS) is 19.1. The summed E-state index contributed by atoms with van der Waals surface area (Å²) in [4.78, 5) is 44.1. The summed E-state index contributed by atoms with van der Waals surface area (Å²) in [6.07, 6.45) is -0.436. The molecule has 10 heteroatoms. The van der Waals surface area contributed by atoms with E-state index < -0.39 is 12.2 Å². The summed E-state index contributed by atoms with van der Waals surface area (Å²) in [6.45, 7) is 3.53. The van der Waals surface area contributed by atoms with Crippen molar-refractivity contribution in [3.63, 3.8) is 0 Å². The van der Waals surface area contributed by atoms with Crippen LogP contribution in [0.25, 0.3) is 0 Å². The topological polar surface area (TPSA) is 106 Å². The van der Waals surface area contributed by atoms with Gasteiger partial charge in [-0.1, -0.05) is 72.3 Å². The number of nitrogens with zero attached hydrogens (tertiary/aromatic N) is 4. The van der Waals surface area contributed by atoms with Gasteiger partial charge in [-0.05, 0) is 35.7 Å². The van der Waals surface area contributed by atoms with E-state index in [4.69, 9.17) is 4.74 Å². The molecule has 5 rings (SSSR count). The molecule has 2 heterocycles. The zero-order valence-corrected chi connectivity index (χ0v) is 24.0. The van der Waals surface area contributed by atoms with Crippen LogP contribution in [-0.4, -0.2) is 88.3 Å². The molecule has 2 saturated heterocycles. The smallest absolute Gasteiger partial charge is 0.334 e. The summed E-state index contributed by atoms with van der Waals surface area (Å²) >= 11 is 0. The first kappa shape index (κ1) is 29.1. The van der Waals surface area contributed by atoms with Gasteiger partial charge in [0.25, 0.3) is 0 Å². The molecular weight excluding hydrogens is 534 g/mol. The van der Waals surface area contributed by atoms with Crippen LogP contribution in [0.4, 0.5) is 4.79 Å². The van der Waals surface area contributed by atoms with Crippen LogP contribution in [0.1, 0.15) is 22.3 Å². The molecule has 0 bridgehead atoms. The number of carbonyl (C=O) groups excluding carboxylic acids is 3. The SMILES string of the molecule is Cc1ccc(COCCN2C[C@H]3N(C(=O)CN(C)N3C(=O)NCc3ccccc3)[C@@H](Cc3ccc(O)cc3)C2=O)cc1. The Balaban J connectivity index is 1.35.